The van der Waals surface area contributed by atoms with Gasteiger partial charge in [-0.05, 0) is 19.3 Å². The lowest BCUT2D eigenvalue weighted by Crippen LogP contribution is -2.25. The number of nitrogens with zero attached hydrogens (tertiary/aromatic N) is 4. The fraction of sp³-hybridized carbons (Fsp3) is 0.500. The Hall–Kier alpha value is -1.79. The van der Waals surface area contributed by atoms with Gasteiger partial charge < -0.3 is 10.4 Å². The van der Waals surface area contributed by atoms with Crippen LogP contribution < -0.4 is 5.32 Å². The van der Waals surface area contributed by atoms with E-state index in [1.165, 1.54) is 11.3 Å². The lowest BCUT2D eigenvalue weighted by molar-refractivity contribution is 0.266. The molecule has 20 heavy (non-hydrogen) atoms. The summed E-state index contributed by atoms with van der Waals surface area (Å²) in [7, 11) is 0. The molecule has 0 spiro atoms. The number of rotatable bonds is 5. The van der Waals surface area contributed by atoms with E-state index in [1.54, 1.807) is 18.6 Å². The molecule has 0 saturated heterocycles. The Labute approximate surface area is 117 Å². The molecule has 6 heteroatoms. The molecule has 106 valence electrons. The number of hydrogen-bond donors (Lipinski definition) is 2. The van der Waals surface area contributed by atoms with Crippen molar-refractivity contribution in [2.45, 2.75) is 38.4 Å². The minimum atomic E-state index is 0.131. The van der Waals surface area contributed by atoms with Crippen molar-refractivity contribution in [3.63, 3.8) is 0 Å². The molecule has 2 aromatic rings. The Kier molecular flexibility index (Phi) is 4.03. The quantitative estimate of drug-likeness (QED) is 0.844. The Morgan fingerprint density at radius 3 is 3.10 bits per heavy atom. The van der Waals surface area contributed by atoms with Crippen LogP contribution in [0, 0.1) is 0 Å². The molecule has 0 aromatic carbocycles. The number of aliphatic hydroxyl groups excluding tert-OH is 1. The Bertz CT molecular complexity index is 554. The maximum atomic E-state index is 9.07. The zero-order valence-electron chi connectivity index (χ0n) is 11.4. The first-order valence-electron chi connectivity index (χ1n) is 7.02. The number of nitrogens with one attached hydrogen (secondary N) is 1. The molecule has 1 aliphatic carbocycles. The second-order valence-corrected chi connectivity index (χ2v) is 5.02. The van der Waals surface area contributed by atoms with E-state index in [2.05, 4.69) is 20.4 Å². The summed E-state index contributed by atoms with van der Waals surface area (Å²) in [5.41, 5.74) is 3.46. The molecular formula is C14H19N5O. The molecule has 1 aliphatic rings. The average Bonchev–Trinajstić information content (AvgIpc) is 2.91. The molecule has 2 aromatic heterocycles. The number of hydrogen-bond acceptors (Lipinski definition) is 5. The standard InChI is InChI=1S/C14H19N5O/c20-7-6-19-14-3-1-2-13(12(14)10-18-19)17-9-11-8-15-4-5-16-11/h4-5,8,10,13,17,20H,1-3,6-7,9H2. The van der Waals surface area contributed by atoms with E-state index in [0.717, 1.165) is 25.0 Å². The van der Waals surface area contributed by atoms with Crippen LogP contribution in [0.4, 0.5) is 0 Å². The molecular weight excluding hydrogens is 254 g/mol. The SMILES string of the molecule is OCCn1ncc2c1CCCC2NCc1cnccn1. The van der Waals surface area contributed by atoms with Gasteiger partial charge in [-0.15, -0.1) is 0 Å². The Morgan fingerprint density at radius 1 is 1.35 bits per heavy atom. The first-order chi connectivity index (χ1) is 9.88. The third kappa shape index (κ3) is 2.71. The van der Waals surface area contributed by atoms with Gasteiger partial charge in [0.15, 0.2) is 0 Å². The minimum absolute atomic E-state index is 0.131. The lowest BCUT2D eigenvalue weighted by atomic mass is 9.93. The Balaban J connectivity index is 1.70. The molecule has 1 unspecified atom stereocenters. The highest BCUT2D eigenvalue weighted by atomic mass is 16.3. The number of aromatic nitrogens is 4. The van der Waals surface area contributed by atoms with Gasteiger partial charge in [0, 0.05) is 42.4 Å². The highest BCUT2D eigenvalue weighted by Crippen LogP contribution is 2.29. The van der Waals surface area contributed by atoms with Gasteiger partial charge in [-0.3, -0.25) is 14.6 Å². The first kappa shape index (κ1) is 13.2. The van der Waals surface area contributed by atoms with Gasteiger partial charge in [-0.25, -0.2) is 0 Å². The van der Waals surface area contributed by atoms with Crippen LogP contribution in [-0.4, -0.2) is 31.5 Å². The van der Waals surface area contributed by atoms with Gasteiger partial charge in [-0.2, -0.15) is 5.10 Å². The molecule has 0 amide bonds. The van der Waals surface area contributed by atoms with E-state index in [1.807, 2.05) is 10.9 Å². The summed E-state index contributed by atoms with van der Waals surface area (Å²) in [6.45, 7) is 1.42. The van der Waals surface area contributed by atoms with Gasteiger partial charge in [-0.1, -0.05) is 0 Å². The number of aliphatic hydroxyl groups is 1. The summed E-state index contributed by atoms with van der Waals surface area (Å²) in [5, 5.41) is 17.0. The topological polar surface area (TPSA) is 75.9 Å². The minimum Gasteiger partial charge on any atom is -0.394 e. The summed E-state index contributed by atoms with van der Waals surface area (Å²) in [6, 6.07) is 0.313. The van der Waals surface area contributed by atoms with Crippen molar-refractivity contribution in [2.24, 2.45) is 0 Å². The van der Waals surface area contributed by atoms with Crippen LogP contribution in [-0.2, 0) is 19.5 Å². The Morgan fingerprint density at radius 2 is 2.30 bits per heavy atom. The van der Waals surface area contributed by atoms with E-state index in [0.29, 0.717) is 19.1 Å². The molecule has 0 saturated carbocycles. The average molecular weight is 273 g/mol. The molecule has 2 heterocycles. The highest BCUT2D eigenvalue weighted by molar-refractivity contribution is 5.25. The van der Waals surface area contributed by atoms with Crippen LogP contribution in [0.3, 0.4) is 0 Å². The molecule has 0 radical (unpaired) electrons. The van der Waals surface area contributed by atoms with Gasteiger partial charge >= 0.3 is 0 Å². The van der Waals surface area contributed by atoms with Crippen LogP contribution >= 0.6 is 0 Å². The molecule has 0 aliphatic heterocycles. The van der Waals surface area contributed by atoms with Crippen molar-refractivity contribution in [2.75, 3.05) is 6.61 Å². The third-order valence-corrected chi connectivity index (χ3v) is 3.72. The summed E-state index contributed by atoms with van der Waals surface area (Å²) >= 11 is 0. The second-order valence-electron chi connectivity index (χ2n) is 5.02. The molecule has 2 N–H and O–H groups in total. The molecule has 6 nitrogen and oxygen atoms in total. The molecule has 0 fully saturated rings. The third-order valence-electron chi connectivity index (χ3n) is 3.72. The van der Waals surface area contributed by atoms with Crippen molar-refractivity contribution >= 4 is 0 Å². The summed E-state index contributed by atoms with van der Waals surface area (Å²) in [4.78, 5) is 8.35. The predicted octanol–water partition coefficient (Wildman–Crippen LogP) is 0.833. The van der Waals surface area contributed by atoms with Gasteiger partial charge in [0.1, 0.15) is 0 Å². The summed E-state index contributed by atoms with van der Waals surface area (Å²) in [6.07, 6.45) is 10.4. The second kappa shape index (κ2) is 6.11. The van der Waals surface area contributed by atoms with E-state index < -0.39 is 0 Å². The van der Waals surface area contributed by atoms with Crippen molar-refractivity contribution in [1.82, 2.24) is 25.1 Å². The zero-order chi connectivity index (χ0) is 13.8. The monoisotopic (exact) mass is 273 g/mol. The smallest absolute Gasteiger partial charge is 0.0724 e. The van der Waals surface area contributed by atoms with Crippen molar-refractivity contribution in [3.05, 3.63) is 41.7 Å². The maximum Gasteiger partial charge on any atom is 0.0724 e. The van der Waals surface area contributed by atoms with Gasteiger partial charge in [0.05, 0.1) is 25.0 Å². The van der Waals surface area contributed by atoms with E-state index >= 15 is 0 Å². The van der Waals surface area contributed by atoms with Crippen LogP contribution in [0.5, 0.6) is 0 Å². The first-order valence-corrected chi connectivity index (χ1v) is 7.02. The van der Waals surface area contributed by atoms with Crippen LogP contribution in [0.2, 0.25) is 0 Å². The van der Waals surface area contributed by atoms with Crippen LogP contribution in [0.25, 0.3) is 0 Å². The molecule has 1 atom stereocenters. The largest absolute Gasteiger partial charge is 0.394 e. The van der Waals surface area contributed by atoms with E-state index in [9.17, 15) is 0 Å². The normalized spacial score (nSPS) is 17.9. The summed E-state index contributed by atoms with van der Waals surface area (Å²) < 4.78 is 1.92. The van der Waals surface area contributed by atoms with Crippen molar-refractivity contribution < 1.29 is 5.11 Å². The van der Waals surface area contributed by atoms with Crippen LogP contribution in [0.15, 0.2) is 24.8 Å². The fourth-order valence-corrected chi connectivity index (χ4v) is 2.77. The zero-order valence-corrected chi connectivity index (χ0v) is 11.4. The lowest BCUT2D eigenvalue weighted by Gasteiger charge is -2.24. The van der Waals surface area contributed by atoms with Gasteiger partial charge in [0.25, 0.3) is 0 Å². The fourth-order valence-electron chi connectivity index (χ4n) is 2.77. The number of fused-ring (bicyclic) bond motifs is 1. The maximum absolute atomic E-state index is 9.07. The highest BCUT2D eigenvalue weighted by Gasteiger charge is 2.23. The van der Waals surface area contributed by atoms with Crippen molar-refractivity contribution in [1.29, 1.82) is 0 Å². The predicted molar refractivity (Wildman–Crippen MR) is 73.9 cm³/mol. The van der Waals surface area contributed by atoms with Crippen LogP contribution in [0.1, 0.15) is 35.8 Å². The molecule has 0 bridgehead atoms. The molecule has 3 rings (SSSR count). The van der Waals surface area contributed by atoms with Gasteiger partial charge in [0.2, 0.25) is 0 Å². The van der Waals surface area contributed by atoms with E-state index in [4.69, 9.17) is 5.11 Å². The van der Waals surface area contributed by atoms with E-state index in [-0.39, 0.29) is 6.61 Å². The van der Waals surface area contributed by atoms with Crippen molar-refractivity contribution in [3.8, 4) is 0 Å². The summed E-state index contributed by atoms with van der Waals surface area (Å²) in [5.74, 6) is 0.